The molecule has 2 atom stereocenters. The van der Waals surface area contributed by atoms with Crippen LogP contribution in [0, 0.1) is 0 Å². The van der Waals surface area contributed by atoms with E-state index in [0.717, 1.165) is 43.4 Å². The Kier molecular flexibility index (Phi) is 9.19. The predicted octanol–water partition coefficient (Wildman–Crippen LogP) is 3.35. The Balaban J connectivity index is 1.47. The van der Waals surface area contributed by atoms with Crippen LogP contribution in [-0.4, -0.2) is 69.6 Å². The van der Waals surface area contributed by atoms with Crippen molar-refractivity contribution in [2.45, 2.75) is 64.6 Å². The molecule has 1 aliphatic rings. The fourth-order valence-corrected chi connectivity index (χ4v) is 4.47. The number of likely N-dealkylation sites (N-methyl/N-ethyl adjacent to an activating group) is 1. The first-order valence-corrected chi connectivity index (χ1v) is 13.0. The molecule has 1 fully saturated rings. The van der Waals surface area contributed by atoms with Crippen molar-refractivity contribution in [3.8, 4) is 16.9 Å². The van der Waals surface area contributed by atoms with Gasteiger partial charge in [0.15, 0.2) is 11.6 Å². The van der Waals surface area contributed by atoms with Crippen molar-refractivity contribution in [1.29, 1.82) is 0 Å². The van der Waals surface area contributed by atoms with Crippen molar-refractivity contribution < 1.29 is 14.3 Å². The summed E-state index contributed by atoms with van der Waals surface area (Å²) < 4.78 is 11.8. The van der Waals surface area contributed by atoms with E-state index in [2.05, 4.69) is 37.1 Å². The van der Waals surface area contributed by atoms with Crippen LogP contribution in [0.5, 0.6) is 5.75 Å². The first-order valence-electron chi connectivity index (χ1n) is 13.0. The largest absolute Gasteiger partial charge is 0.490 e. The zero-order valence-corrected chi connectivity index (χ0v) is 21.9. The monoisotopic (exact) mass is 507 g/mol. The third kappa shape index (κ3) is 6.90. The minimum absolute atomic E-state index is 0.0388. The van der Waals surface area contributed by atoms with Crippen LogP contribution < -0.4 is 15.8 Å². The highest BCUT2D eigenvalue weighted by molar-refractivity contribution is 5.90. The lowest BCUT2D eigenvalue weighted by atomic mass is 10.0. The molecule has 1 saturated heterocycles. The number of ether oxygens (including phenoxy) is 2. The summed E-state index contributed by atoms with van der Waals surface area (Å²) in [5.74, 6) is 1.59. The SMILES string of the molecule is CCCOCc1ncc(-c2ccc3ncc(N)nc3c2OCCC(C)NC(=O)C2CCCCN2C)cn1. The molecule has 0 radical (unpaired) electrons. The molecule has 0 saturated carbocycles. The number of nitrogen functional groups attached to an aromatic ring is 1. The summed E-state index contributed by atoms with van der Waals surface area (Å²) >= 11 is 0. The second kappa shape index (κ2) is 12.7. The molecule has 2 unspecified atom stereocenters. The number of rotatable bonds is 11. The smallest absolute Gasteiger partial charge is 0.237 e. The second-order valence-corrected chi connectivity index (χ2v) is 9.58. The summed E-state index contributed by atoms with van der Waals surface area (Å²) in [5, 5.41) is 3.15. The lowest BCUT2D eigenvalue weighted by Crippen LogP contribution is -2.49. The van der Waals surface area contributed by atoms with E-state index in [1.165, 1.54) is 6.20 Å². The van der Waals surface area contributed by atoms with Crippen molar-refractivity contribution in [2.75, 3.05) is 32.5 Å². The molecular formula is C27H37N7O3. The van der Waals surface area contributed by atoms with Crippen LogP contribution in [0.1, 0.15) is 51.8 Å². The number of likely N-dealkylation sites (tertiary alicyclic amines) is 1. The highest BCUT2D eigenvalue weighted by Crippen LogP contribution is 2.35. The molecule has 0 bridgehead atoms. The molecule has 3 heterocycles. The van der Waals surface area contributed by atoms with Gasteiger partial charge in [-0.1, -0.05) is 13.3 Å². The Morgan fingerprint density at radius 3 is 2.76 bits per heavy atom. The molecule has 0 spiro atoms. The van der Waals surface area contributed by atoms with Crippen molar-refractivity contribution >= 4 is 22.8 Å². The minimum atomic E-state index is -0.0598. The average molecular weight is 508 g/mol. The van der Waals surface area contributed by atoms with Crippen molar-refractivity contribution in [2.24, 2.45) is 0 Å². The topological polar surface area (TPSA) is 128 Å². The standard InChI is InChI=1S/C27H37N7O3/c1-4-12-36-17-24-30-14-19(15-31-24)20-8-9-21-25(33-23(28)16-29-21)26(20)37-13-10-18(2)32-27(35)22-7-5-6-11-34(22)3/h8-9,14-16,18,22H,4-7,10-13,17H2,1-3H3,(H2,28,33)(H,32,35). The van der Waals surface area contributed by atoms with Gasteiger partial charge in [0.1, 0.15) is 17.9 Å². The van der Waals surface area contributed by atoms with Gasteiger partial charge in [-0.25, -0.2) is 15.0 Å². The fraction of sp³-hybridized carbons (Fsp3) is 0.519. The van der Waals surface area contributed by atoms with Gasteiger partial charge >= 0.3 is 0 Å². The van der Waals surface area contributed by atoms with E-state index in [9.17, 15) is 4.79 Å². The molecule has 0 aliphatic carbocycles. The Morgan fingerprint density at radius 2 is 2.00 bits per heavy atom. The maximum Gasteiger partial charge on any atom is 0.237 e. The molecular weight excluding hydrogens is 470 g/mol. The normalized spacial score (nSPS) is 17.0. The molecule has 10 heteroatoms. The summed E-state index contributed by atoms with van der Waals surface area (Å²) in [6, 6.07) is 3.71. The van der Waals surface area contributed by atoms with Gasteiger partial charge in [-0.3, -0.25) is 14.7 Å². The van der Waals surface area contributed by atoms with Crippen LogP contribution in [0.15, 0.2) is 30.7 Å². The van der Waals surface area contributed by atoms with E-state index < -0.39 is 0 Å². The number of anilines is 1. The van der Waals surface area contributed by atoms with E-state index in [4.69, 9.17) is 15.2 Å². The van der Waals surface area contributed by atoms with Crippen LogP contribution in [-0.2, 0) is 16.1 Å². The van der Waals surface area contributed by atoms with Gasteiger partial charge in [-0.2, -0.15) is 0 Å². The van der Waals surface area contributed by atoms with E-state index in [0.29, 0.717) is 54.7 Å². The van der Waals surface area contributed by atoms with E-state index in [-0.39, 0.29) is 18.0 Å². The van der Waals surface area contributed by atoms with E-state index >= 15 is 0 Å². The Bertz CT molecular complexity index is 1190. The summed E-state index contributed by atoms with van der Waals surface area (Å²) in [7, 11) is 2.01. The minimum Gasteiger partial charge on any atom is -0.490 e. The number of nitrogens with two attached hydrogens (primary N) is 1. The molecule has 3 N–H and O–H groups in total. The van der Waals surface area contributed by atoms with Crippen molar-refractivity contribution in [3.05, 3.63) is 36.5 Å². The quantitative estimate of drug-likeness (QED) is 0.375. The zero-order valence-electron chi connectivity index (χ0n) is 21.9. The molecule has 37 heavy (non-hydrogen) atoms. The molecule has 198 valence electrons. The third-order valence-electron chi connectivity index (χ3n) is 6.54. The number of benzene rings is 1. The first kappa shape index (κ1) is 26.7. The lowest BCUT2D eigenvalue weighted by molar-refractivity contribution is -0.127. The summed E-state index contributed by atoms with van der Waals surface area (Å²) in [6.45, 7) is 6.44. The number of amides is 1. The van der Waals surface area contributed by atoms with E-state index in [1.807, 2.05) is 26.1 Å². The van der Waals surface area contributed by atoms with Gasteiger partial charge in [-0.15, -0.1) is 0 Å². The van der Waals surface area contributed by atoms with Crippen LogP contribution in [0.3, 0.4) is 0 Å². The highest BCUT2D eigenvalue weighted by Gasteiger charge is 2.26. The number of aromatic nitrogens is 4. The van der Waals surface area contributed by atoms with Crippen molar-refractivity contribution in [1.82, 2.24) is 30.2 Å². The maximum atomic E-state index is 12.8. The number of hydrogen-bond donors (Lipinski definition) is 2. The lowest BCUT2D eigenvalue weighted by Gasteiger charge is -2.32. The maximum absolute atomic E-state index is 12.8. The second-order valence-electron chi connectivity index (χ2n) is 9.58. The van der Waals surface area contributed by atoms with Crippen molar-refractivity contribution in [3.63, 3.8) is 0 Å². The number of fused-ring (bicyclic) bond motifs is 1. The summed E-state index contributed by atoms with van der Waals surface area (Å²) in [5.41, 5.74) is 8.81. The van der Waals surface area contributed by atoms with Crippen LogP contribution in [0.25, 0.3) is 22.2 Å². The third-order valence-corrected chi connectivity index (χ3v) is 6.54. The molecule has 4 rings (SSSR count). The Labute approximate surface area is 218 Å². The predicted molar refractivity (Wildman–Crippen MR) is 143 cm³/mol. The fourth-order valence-electron chi connectivity index (χ4n) is 4.47. The number of nitrogens with zero attached hydrogens (tertiary/aromatic N) is 5. The first-order chi connectivity index (χ1) is 18.0. The van der Waals surface area contributed by atoms with Gasteiger partial charge in [-0.05, 0) is 51.9 Å². The number of carbonyl (C=O) groups excluding carboxylic acids is 1. The molecule has 3 aromatic rings. The Hall–Kier alpha value is -3.37. The van der Waals surface area contributed by atoms with Crippen LogP contribution in [0.2, 0.25) is 0 Å². The summed E-state index contributed by atoms with van der Waals surface area (Å²) in [6.07, 6.45) is 9.76. The van der Waals surface area contributed by atoms with Gasteiger partial charge in [0.2, 0.25) is 5.91 Å². The molecule has 1 aliphatic heterocycles. The number of piperidine rings is 1. The van der Waals surface area contributed by atoms with Gasteiger partial charge < -0.3 is 20.5 Å². The van der Waals surface area contributed by atoms with Gasteiger partial charge in [0, 0.05) is 42.6 Å². The average Bonchev–Trinajstić information content (AvgIpc) is 2.89. The highest BCUT2D eigenvalue weighted by atomic mass is 16.5. The van der Waals surface area contributed by atoms with Crippen LogP contribution >= 0.6 is 0 Å². The number of nitrogens with one attached hydrogen (secondary N) is 1. The number of hydrogen-bond acceptors (Lipinski definition) is 9. The summed E-state index contributed by atoms with van der Waals surface area (Å²) in [4.78, 5) is 32.7. The molecule has 10 nitrogen and oxygen atoms in total. The molecule has 2 aromatic heterocycles. The van der Waals surface area contributed by atoms with E-state index in [1.54, 1.807) is 12.4 Å². The zero-order chi connectivity index (χ0) is 26.2. The van der Waals surface area contributed by atoms with Crippen LogP contribution in [0.4, 0.5) is 5.82 Å². The molecule has 1 aromatic carbocycles. The molecule has 1 amide bonds. The number of carbonyl (C=O) groups is 1. The van der Waals surface area contributed by atoms with Gasteiger partial charge in [0.05, 0.1) is 24.4 Å². The Morgan fingerprint density at radius 1 is 1.19 bits per heavy atom. The van der Waals surface area contributed by atoms with Gasteiger partial charge in [0.25, 0.3) is 0 Å².